The summed E-state index contributed by atoms with van der Waals surface area (Å²) in [4.78, 5) is 12.6. The molecule has 0 saturated heterocycles. The van der Waals surface area contributed by atoms with E-state index in [0.717, 1.165) is 46.1 Å². The Hall–Kier alpha value is -5.10. The molecule has 0 fully saturated rings. The van der Waals surface area contributed by atoms with Gasteiger partial charge in [-0.1, -0.05) is 60.7 Å². The number of hydrogen-bond donors (Lipinski definition) is 2. The van der Waals surface area contributed by atoms with Crippen LogP contribution in [0.3, 0.4) is 0 Å². The molecular weight excluding hydrogens is 553 g/mol. The highest BCUT2D eigenvalue weighted by atomic mass is 19.1. The molecule has 2 N–H and O–H groups in total. The highest BCUT2D eigenvalue weighted by Gasteiger charge is 2.18. The zero-order chi connectivity index (χ0) is 31.1. The number of phenols is 2. The molecule has 0 aliphatic heterocycles. The zero-order valence-electron chi connectivity index (χ0n) is 24.9. The minimum absolute atomic E-state index is 0.00427. The number of hydrogen-bond acceptors (Lipinski definition) is 4. The number of unbranched alkanes of at least 4 members (excludes halogenated alkanes) is 2. The lowest BCUT2D eigenvalue weighted by atomic mass is 10.0. The summed E-state index contributed by atoms with van der Waals surface area (Å²) in [5.74, 6) is -0.133. The summed E-state index contributed by atoms with van der Waals surface area (Å²) in [6, 6.07) is 26.6. The van der Waals surface area contributed by atoms with Crippen LogP contribution in [0.2, 0.25) is 0 Å². The molecule has 0 atom stereocenters. The number of aromatic nitrogens is 1. The van der Waals surface area contributed by atoms with Gasteiger partial charge < -0.3 is 19.5 Å². The van der Waals surface area contributed by atoms with Gasteiger partial charge in [0.15, 0.2) is 0 Å². The molecule has 0 spiro atoms. The third-order valence-corrected chi connectivity index (χ3v) is 7.38. The first-order chi connectivity index (χ1) is 21.3. The number of benzene rings is 4. The van der Waals surface area contributed by atoms with Crippen molar-refractivity contribution in [2.24, 2.45) is 0 Å². The monoisotopic (exact) mass is 589 g/mol. The van der Waals surface area contributed by atoms with E-state index in [-0.39, 0.29) is 41.5 Å². The van der Waals surface area contributed by atoms with E-state index in [4.69, 9.17) is 4.74 Å². The Morgan fingerprint density at radius 1 is 0.841 bits per heavy atom. The van der Waals surface area contributed by atoms with E-state index in [0.29, 0.717) is 12.0 Å². The number of aromatic hydroxyl groups is 2. The van der Waals surface area contributed by atoms with Gasteiger partial charge in [0.05, 0.1) is 0 Å². The summed E-state index contributed by atoms with van der Waals surface area (Å²) in [6.45, 7) is 4.32. The van der Waals surface area contributed by atoms with Crippen LogP contribution in [0.1, 0.15) is 62.4 Å². The van der Waals surface area contributed by atoms with Gasteiger partial charge in [-0.05, 0) is 98.3 Å². The van der Waals surface area contributed by atoms with Crippen LogP contribution < -0.4 is 4.74 Å². The van der Waals surface area contributed by atoms with E-state index in [9.17, 15) is 19.4 Å². The van der Waals surface area contributed by atoms with Gasteiger partial charge in [0, 0.05) is 40.7 Å². The van der Waals surface area contributed by atoms with E-state index >= 15 is 0 Å². The first-order valence-corrected chi connectivity index (χ1v) is 14.9. The molecule has 0 bridgehead atoms. The quantitative estimate of drug-likeness (QED) is 0.0696. The van der Waals surface area contributed by atoms with Gasteiger partial charge in [-0.2, -0.15) is 0 Å². The number of fused-ring (bicyclic) bond motifs is 1. The van der Waals surface area contributed by atoms with Gasteiger partial charge in [-0.15, -0.1) is 0 Å². The average Bonchev–Trinajstić information content (AvgIpc) is 3.33. The summed E-state index contributed by atoms with van der Waals surface area (Å²) < 4.78 is 21.5. The van der Waals surface area contributed by atoms with Crippen molar-refractivity contribution in [3.05, 3.63) is 120 Å². The topological polar surface area (TPSA) is 71.7 Å². The molecule has 0 radical (unpaired) electrons. The summed E-state index contributed by atoms with van der Waals surface area (Å²) >= 11 is 0. The third kappa shape index (κ3) is 7.45. The zero-order valence-corrected chi connectivity index (χ0v) is 24.9. The normalized spacial score (nSPS) is 11.7. The molecule has 1 heterocycles. The second kappa shape index (κ2) is 13.9. The van der Waals surface area contributed by atoms with E-state index < -0.39 is 0 Å². The van der Waals surface area contributed by atoms with Crippen molar-refractivity contribution in [2.75, 3.05) is 0 Å². The van der Waals surface area contributed by atoms with Crippen LogP contribution in [0.4, 0.5) is 4.39 Å². The lowest BCUT2D eigenvalue weighted by Gasteiger charge is -2.13. The Labute approximate surface area is 257 Å². The molecule has 5 rings (SSSR count). The molecule has 6 heteroatoms. The molecule has 1 aromatic heterocycles. The number of allylic oxidation sites excluding steroid dienone is 1. The van der Waals surface area contributed by atoms with E-state index in [1.807, 2.05) is 30.3 Å². The Bertz CT molecular complexity index is 1800. The second-order valence-corrected chi connectivity index (χ2v) is 11.1. The van der Waals surface area contributed by atoms with Crippen LogP contribution in [0.25, 0.3) is 40.3 Å². The average molecular weight is 590 g/mol. The molecule has 0 amide bonds. The SMILES string of the molecule is CC(C)n1c(/C=C/CCCCC(=O)Oc2cc(O)cc(/C=C/c3ccc(O)cc3)c2)c(-c2ccc(F)cc2)c2ccccc21. The van der Waals surface area contributed by atoms with Crippen LogP contribution in [-0.2, 0) is 4.79 Å². The number of phenolic OH excluding ortho intramolecular Hbond substituents is 2. The number of esters is 1. The number of rotatable bonds is 11. The fraction of sp³-hybridized carbons (Fsp3) is 0.184. The molecule has 0 aliphatic rings. The van der Waals surface area contributed by atoms with Crippen LogP contribution in [0, 0.1) is 5.82 Å². The van der Waals surface area contributed by atoms with E-state index in [2.05, 4.69) is 42.7 Å². The van der Waals surface area contributed by atoms with Gasteiger partial charge in [0.1, 0.15) is 23.1 Å². The third-order valence-electron chi connectivity index (χ3n) is 7.38. The fourth-order valence-electron chi connectivity index (χ4n) is 5.37. The maximum atomic E-state index is 13.7. The standard InChI is InChI=1S/C38H36FNO4/c1-26(2)40-35-10-8-7-9-34(35)38(29-17-19-30(39)20-18-29)36(40)11-5-3-4-6-12-37(43)44-33-24-28(23-32(42)25-33)14-13-27-15-21-31(41)22-16-27/h5,7-11,13-26,41-42H,3-4,6,12H2,1-2H3/b11-5+,14-13+. The van der Waals surface area contributed by atoms with Gasteiger partial charge in [-0.25, -0.2) is 4.39 Å². The van der Waals surface area contributed by atoms with Crippen molar-refractivity contribution in [3.8, 4) is 28.4 Å². The molecule has 0 unspecified atom stereocenters. The van der Waals surface area contributed by atoms with Crippen LogP contribution in [0.5, 0.6) is 17.2 Å². The molecule has 5 nitrogen and oxygen atoms in total. The van der Waals surface area contributed by atoms with Gasteiger partial charge in [0.25, 0.3) is 0 Å². The molecule has 0 aliphatic carbocycles. The largest absolute Gasteiger partial charge is 0.508 e. The first kappa shape index (κ1) is 30.4. The fourth-order valence-corrected chi connectivity index (χ4v) is 5.37. The highest BCUT2D eigenvalue weighted by molar-refractivity contribution is 6.01. The maximum absolute atomic E-state index is 13.7. The van der Waals surface area contributed by atoms with Crippen molar-refractivity contribution < 1.29 is 24.1 Å². The Balaban J connectivity index is 1.20. The molecule has 5 aromatic rings. The van der Waals surface area contributed by atoms with Crippen LogP contribution >= 0.6 is 0 Å². The number of carbonyl (C=O) groups is 1. The summed E-state index contributed by atoms with van der Waals surface area (Å²) in [6.07, 6.45) is 10.4. The molecular formula is C38H36FNO4. The lowest BCUT2D eigenvalue weighted by Crippen LogP contribution is -2.07. The van der Waals surface area contributed by atoms with Crippen LogP contribution in [0.15, 0.2) is 97.1 Å². The van der Waals surface area contributed by atoms with Crippen molar-refractivity contribution in [3.63, 3.8) is 0 Å². The molecule has 44 heavy (non-hydrogen) atoms. The highest BCUT2D eigenvalue weighted by Crippen LogP contribution is 2.38. The number of para-hydroxylation sites is 1. The molecule has 224 valence electrons. The van der Waals surface area contributed by atoms with E-state index in [1.165, 1.54) is 18.2 Å². The number of halogens is 1. The second-order valence-electron chi connectivity index (χ2n) is 11.1. The molecule has 0 saturated carbocycles. The summed E-state index contributed by atoms with van der Waals surface area (Å²) in [7, 11) is 0. The summed E-state index contributed by atoms with van der Waals surface area (Å²) in [5, 5.41) is 20.7. The Morgan fingerprint density at radius 2 is 1.57 bits per heavy atom. The van der Waals surface area contributed by atoms with Gasteiger partial charge >= 0.3 is 5.97 Å². The van der Waals surface area contributed by atoms with Crippen molar-refractivity contribution >= 4 is 35.1 Å². The lowest BCUT2D eigenvalue weighted by molar-refractivity contribution is -0.134. The smallest absolute Gasteiger partial charge is 0.311 e. The van der Waals surface area contributed by atoms with Crippen LogP contribution in [-0.4, -0.2) is 20.7 Å². The van der Waals surface area contributed by atoms with Crippen molar-refractivity contribution in [2.45, 2.75) is 45.6 Å². The Morgan fingerprint density at radius 3 is 2.32 bits per heavy atom. The van der Waals surface area contributed by atoms with Gasteiger partial charge in [0.2, 0.25) is 0 Å². The van der Waals surface area contributed by atoms with E-state index in [1.54, 1.807) is 42.5 Å². The van der Waals surface area contributed by atoms with Gasteiger partial charge in [-0.3, -0.25) is 4.79 Å². The predicted molar refractivity (Wildman–Crippen MR) is 176 cm³/mol. The first-order valence-electron chi connectivity index (χ1n) is 14.9. The molecule has 4 aromatic carbocycles. The number of nitrogens with zero attached hydrogens (tertiary/aromatic N) is 1. The maximum Gasteiger partial charge on any atom is 0.311 e. The number of carbonyl (C=O) groups excluding carboxylic acids is 1. The summed E-state index contributed by atoms with van der Waals surface area (Å²) in [5.41, 5.74) is 5.83. The minimum atomic E-state index is -0.355. The number of ether oxygens (including phenoxy) is 1. The Kier molecular flexibility index (Phi) is 9.60. The predicted octanol–water partition coefficient (Wildman–Crippen LogP) is 9.79. The van der Waals surface area contributed by atoms with Crippen molar-refractivity contribution in [1.82, 2.24) is 4.57 Å². The van der Waals surface area contributed by atoms with Crippen molar-refractivity contribution in [1.29, 1.82) is 0 Å². The minimum Gasteiger partial charge on any atom is -0.508 e.